The Bertz CT molecular complexity index is 1180. The number of hydrogen-bond donors (Lipinski definition) is 2. The first-order chi connectivity index (χ1) is 17.7. The predicted octanol–water partition coefficient (Wildman–Crippen LogP) is 6.77. The molecule has 2 N–H and O–H groups in total. The van der Waals surface area contributed by atoms with E-state index in [4.69, 9.17) is 23.2 Å². The summed E-state index contributed by atoms with van der Waals surface area (Å²) in [4.78, 5) is 43.3. The van der Waals surface area contributed by atoms with Gasteiger partial charge in [0.05, 0.1) is 10.0 Å². The molecule has 38 heavy (non-hydrogen) atoms. The van der Waals surface area contributed by atoms with Gasteiger partial charge in [-0.05, 0) is 83.7 Å². The van der Waals surface area contributed by atoms with Crippen molar-refractivity contribution in [3.8, 4) is 0 Å². The first-order valence-electron chi connectivity index (χ1n) is 13.2. The topological polar surface area (TPSA) is 78.5 Å². The Morgan fingerprint density at radius 1 is 0.921 bits per heavy atom. The third-order valence-corrected chi connectivity index (χ3v) is 7.67. The Morgan fingerprint density at radius 3 is 2.13 bits per heavy atom. The van der Waals surface area contributed by atoms with Crippen LogP contribution in [0, 0.1) is 12.3 Å². The molecule has 1 aliphatic carbocycles. The van der Waals surface area contributed by atoms with Gasteiger partial charge in [-0.3, -0.25) is 19.3 Å². The fourth-order valence-corrected chi connectivity index (χ4v) is 5.02. The highest BCUT2D eigenvalue weighted by molar-refractivity contribution is 6.42. The first-order valence-corrected chi connectivity index (χ1v) is 13.9. The van der Waals surface area contributed by atoms with E-state index in [2.05, 4.69) is 10.6 Å². The van der Waals surface area contributed by atoms with Crippen LogP contribution in [-0.2, 0) is 14.4 Å². The van der Waals surface area contributed by atoms with Gasteiger partial charge in [-0.15, -0.1) is 0 Å². The molecule has 0 aliphatic heterocycles. The summed E-state index contributed by atoms with van der Waals surface area (Å²) >= 11 is 12.6. The molecule has 0 bridgehead atoms. The Labute approximate surface area is 236 Å². The molecule has 8 heteroatoms. The third kappa shape index (κ3) is 7.09. The molecule has 0 aromatic heterocycles. The van der Waals surface area contributed by atoms with Crippen molar-refractivity contribution in [1.29, 1.82) is 0 Å². The number of halogens is 2. The number of anilines is 1. The molecule has 0 saturated heterocycles. The zero-order chi connectivity index (χ0) is 28.3. The Morgan fingerprint density at radius 2 is 1.55 bits per heavy atom. The second-order valence-corrected chi connectivity index (χ2v) is 12.5. The standard InChI is InChI=1S/C30H39Cl2N3O3/c1-19-12-10-11-15-22(19)25(26(36)33-20-13-8-7-9-14-20)35(21-16-17-23(31)24(32)18-21)28(38)30(5,6)27(37)34-29(2,3)4/h10-12,15-18,20,25H,7-9,13-14H2,1-6H3,(H,33,36)(H,34,37). The molecule has 0 spiro atoms. The monoisotopic (exact) mass is 559 g/mol. The van der Waals surface area contributed by atoms with Crippen LogP contribution < -0.4 is 15.5 Å². The molecule has 1 fully saturated rings. The van der Waals surface area contributed by atoms with E-state index >= 15 is 0 Å². The minimum atomic E-state index is -1.49. The van der Waals surface area contributed by atoms with Crippen LogP contribution in [0.15, 0.2) is 42.5 Å². The zero-order valence-electron chi connectivity index (χ0n) is 23.2. The highest BCUT2D eigenvalue weighted by atomic mass is 35.5. The van der Waals surface area contributed by atoms with Crippen LogP contribution >= 0.6 is 23.2 Å². The molecule has 0 radical (unpaired) electrons. The van der Waals surface area contributed by atoms with Crippen LogP contribution in [-0.4, -0.2) is 29.3 Å². The largest absolute Gasteiger partial charge is 0.351 e. The maximum Gasteiger partial charge on any atom is 0.248 e. The molecule has 6 nitrogen and oxygen atoms in total. The van der Waals surface area contributed by atoms with Crippen LogP contribution in [0.25, 0.3) is 0 Å². The Balaban J connectivity index is 2.18. The fraction of sp³-hybridized carbons (Fsp3) is 0.500. The molecule has 3 amide bonds. The lowest BCUT2D eigenvalue weighted by molar-refractivity contribution is -0.142. The van der Waals surface area contributed by atoms with Gasteiger partial charge in [0.2, 0.25) is 17.7 Å². The minimum absolute atomic E-state index is 0.0331. The van der Waals surface area contributed by atoms with E-state index in [0.717, 1.165) is 37.7 Å². The number of aryl methyl sites for hydroxylation is 1. The second kappa shape index (κ2) is 12.1. The number of benzene rings is 2. The van der Waals surface area contributed by atoms with Crippen molar-refractivity contribution in [2.24, 2.45) is 5.41 Å². The maximum absolute atomic E-state index is 14.4. The SMILES string of the molecule is Cc1ccccc1C(C(=O)NC1CCCCC1)N(C(=O)C(C)(C)C(=O)NC(C)(C)C)c1ccc(Cl)c(Cl)c1. The number of rotatable bonds is 7. The smallest absolute Gasteiger partial charge is 0.248 e. The minimum Gasteiger partial charge on any atom is -0.351 e. The average Bonchev–Trinajstić information content (AvgIpc) is 2.84. The molecule has 1 saturated carbocycles. The van der Waals surface area contributed by atoms with Crippen LogP contribution in [0.1, 0.15) is 83.9 Å². The van der Waals surface area contributed by atoms with Crippen molar-refractivity contribution in [2.75, 3.05) is 4.90 Å². The van der Waals surface area contributed by atoms with Crippen LogP contribution in [0.5, 0.6) is 0 Å². The van der Waals surface area contributed by atoms with E-state index < -0.39 is 28.8 Å². The van der Waals surface area contributed by atoms with Gasteiger partial charge >= 0.3 is 0 Å². The summed E-state index contributed by atoms with van der Waals surface area (Å²) in [5.41, 5.74) is -0.131. The zero-order valence-corrected chi connectivity index (χ0v) is 24.7. The molecular weight excluding hydrogens is 521 g/mol. The highest BCUT2D eigenvalue weighted by Crippen LogP contribution is 2.37. The fourth-order valence-electron chi connectivity index (χ4n) is 4.73. The van der Waals surface area contributed by atoms with Gasteiger partial charge in [-0.2, -0.15) is 0 Å². The highest BCUT2D eigenvalue weighted by Gasteiger charge is 2.45. The molecule has 1 aliphatic rings. The molecule has 1 unspecified atom stereocenters. The van der Waals surface area contributed by atoms with Gasteiger partial charge in [0.1, 0.15) is 11.5 Å². The van der Waals surface area contributed by atoms with Crippen molar-refractivity contribution in [3.05, 3.63) is 63.6 Å². The maximum atomic E-state index is 14.4. The van der Waals surface area contributed by atoms with Gasteiger partial charge in [-0.1, -0.05) is 66.7 Å². The summed E-state index contributed by atoms with van der Waals surface area (Å²) in [6.07, 6.45) is 5.04. The number of hydrogen-bond acceptors (Lipinski definition) is 3. The summed E-state index contributed by atoms with van der Waals surface area (Å²) in [6.45, 7) is 10.6. The van der Waals surface area contributed by atoms with Gasteiger partial charge in [-0.25, -0.2) is 0 Å². The number of carbonyl (C=O) groups is 3. The quantitative estimate of drug-likeness (QED) is 0.367. The van der Waals surface area contributed by atoms with E-state index in [1.165, 1.54) is 4.90 Å². The van der Waals surface area contributed by atoms with Crippen LogP contribution in [0.3, 0.4) is 0 Å². The van der Waals surface area contributed by atoms with Gasteiger partial charge in [0, 0.05) is 17.3 Å². The molecule has 2 aromatic rings. The van der Waals surface area contributed by atoms with Crippen molar-refractivity contribution in [1.82, 2.24) is 10.6 Å². The van der Waals surface area contributed by atoms with E-state index in [1.807, 2.05) is 52.0 Å². The third-order valence-electron chi connectivity index (χ3n) is 6.93. The summed E-state index contributed by atoms with van der Waals surface area (Å²) < 4.78 is 0. The summed E-state index contributed by atoms with van der Waals surface area (Å²) in [5, 5.41) is 6.69. The van der Waals surface area contributed by atoms with E-state index in [1.54, 1.807) is 32.0 Å². The van der Waals surface area contributed by atoms with Gasteiger partial charge in [0.15, 0.2) is 0 Å². The number of amides is 3. The van der Waals surface area contributed by atoms with Crippen LogP contribution in [0.4, 0.5) is 5.69 Å². The van der Waals surface area contributed by atoms with Crippen molar-refractivity contribution >= 4 is 46.6 Å². The van der Waals surface area contributed by atoms with Gasteiger partial charge in [0.25, 0.3) is 0 Å². The lowest BCUT2D eigenvalue weighted by Gasteiger charge is -2.38. The van der Waals surface area contributed by atoms with Crippen LogP contribution in [0.2, 0.25) is 10.0 Å². The van der Waals surface area contributed by atoms with Crippen molar-refractivity contribution in [3.63, 3.8) is 0 Å². The van der Waals surface area contributed by atoms with E-state index in [-0.39, 0.29) is 17.0 Å². The van der Waals surface area contributed by atoms with Crippen molar-refractivity contribution < 1.29 is 14.4 Å². The molecular formula is C30H39Cl2N3O3. The Hall–Kier alpha value is -2.57. The first kappa shape index (κ1) is 30.0. The lowest BCUT2D eigenvalue weighted by Crippen LogP contribution is -2.56. The second-order valence-electron chi connectivity index (χ2n) is 11.7. The molecule has 206 valence electrons. The summed E-state index contributed by atoms with van der Waals surface area (Å²) in [6, 6.07) is 11.3. The molecule has 1 atom stereocenters. The normalized spacial score (nSPS) is 15.5. The number of nitrogens with one attached hydrogen (secondary N) is 2. The summed E-state index contributed by atoms with van der Waals surface area (Å²) in [5.74, 6) is -1.25. The lowest BCUT2D eigenvalue weighted by atomic mass is 9.86. The predicted molar refractivity (Wildman–Crippen MR) is 155 cm³/mol. The number of carbonyl (C=O) groups excluding carboxylic acids is 3. The summed E-state index contributed by atoms with van der Waals surface area (Å²) in [7, 11) is 0. The van der Waals surface area contributed by atoms with E-state index in [9.17, 15) is 14.4 Å². The molecule has 0 heterocycles. The molecule has 3 rings (SSSR count). The molecule has 2 aromatic carbocycles. The average molecular weight is 561 g/mol. The number of nitrogens with zero attached hydrogens (tertiary/aromatic N) is 1. The van der Waals surface area contributed by atoms with E-state index in [0.29, 0.717) is 16.3 Å². The van der Waals surface area contributed by atoms with Crippen molar-refractivity contribution in [2.45, 2.75) is 91.3 Å². The van der Waals surface area contributed by atoms with Gasteiger partial charge < -0.3 is 10.6 Å². The Kier molecular flexibility index (Phi) is 9.53.